The van der Waals surface area contributed by atoms with Crippen LogP contribution in [-0.4, -0.2) is 25.0 Å². The summed E-state index contributed by atoms with van der Waals surface area (Å²) >= 11 is 0. The van der Waals surface area contributed by atoms with E-state index in [4.69, 9.17) is 9.47 Å². The third kappa shape index (κ3) is 3.43. The summed E-state index contributed by atoms with van der Waals surface area (Å²) in [4.78, 5) is 23.8. The van der Waals surface area contributed by atoms with Crippen LogP contribution in [0.5, 0.6) is 5.75 Å². The van der Waals surface area contributed by atoms with Crippen molar-refractivity contribution in [2.75, 3.05) is 13.2 Å². The van der Waals surface area contributed by atoms with Gasteiger partial charge in [-0.3, -0.25) is 4.79 Å². The second-order valence-corrected chi connectivity index (χ2v) is 5.56. The Labute approximate surface area is 125 Å². The summed E-state index contributed by atoms with van der Waals surface area (Å²) < 4.78 is 10.7. The average Bonchev–Trinajstić information content (AvgIpc) is 2.70. The number of fused-ring (bicyclic) bond motifs is 1. The van der Waals surface area contributed by atoms with Crippen LogP contribution in [0.1, 0.15) is 61.0 Å². The molecule has 4 nitrogen and oxygen atoms in total. The number of ketones is 1. The van der Waals surface area contributed by atoms with Gasteiger partial charge in [-0.25, -0.2) is 4.79 Å². The molecule has 2 rings (SSSR count). The zero-order valence-electron chi connectivity index (χ0n) is 12.9. The molecule has 4 heteroatoms. The van der Waals surface area contributed by atoms with E-state index in [1.54, 1.807) is 19.1 Å². The zero-order valence-corrected chi connectivity index (χ0v) is 12.9. The van der Waals surface area contributed by atoms with Gasteiger partial charge in [0.15, 0.2) is 0 Å². The molecule has 0 amide bonds. The molecular weight excluding hydrogens is 268 g/mol. The van der Waals surface area contributed by atoms with Crippen LogP contribution in [0, 0.1) is 0 Å². The van der Waals surface area contributed by atoms with Crippen molar-refractivity contribution >= 4 is 11.8 Å². The van der Waals surface area contributed by atoms with Crippen LogP contribution < -0.4 is 4.74 Å². The van der Waals surface area contributed by atoms with Crippen LogP contribution in [0.2, 0.25) is 0 Å². The van der Waals surface area contributed by atoms with E-state index >= 15 is 0 Å². The maximum Gasteiger partial charge on any atom is 0.379 e. The van der Waals surface area contributed by atoms with Gasteiger partial charge in [0.05, 0.1) is 13.2 Å². The summed E-state index contributed by atoms with van der Waals surface area (Å²) in [5.74, 6) is -0.248. The molecular formula is C17H22O4. The lowest BCUT2D eigenvalue weighted by Gasteiger charge is -2.17. The number of benzene rings is 1. The van der Waals surface area contributed by atoms with E-state index in [1.165, 1.54) is 0 Å². The van der Waals surface area contributed by atoms with Gasteiger partial charge in [0.25, 0.3) is 5.78 Å². The van der Waals surface area contributed by atoms with Crippen LogP contribution in [0.3, 0.4) is 0 Å². The quantitative estimate of drug-likeness (QED) is 0.485. The Kier molecular flexibility index (Phi) is 4.99. The smallest absolute Gasteiger partial charge is 0.379 e. The number of rotatable bonds is 4. The SMILES string of the molecule is CCOC(=O)C(=O)c1cc2c(c(C(C)C)c1)OCCCC2. The fraction of sp³-hybridized carbons (Fsp3) is 0.529. The summed E-state index contributed by atoms with van der Waals surface area (Å²) in [7, 11) is 0. The highest BCUT2D eigenvalue weighted by atomic mass is 16.5. The fourth-order valence-electron chi connectivity index (χ4n) is 2.54. The second kappa shape index (κ2) is 6.74. The van der Waals surface area contributed by atoms with E-state index in [-0.39, 0.29) is 12.5 Å². The molecule has 0 aromatic heterocycles. The predicted molar refractivity (Wildman–Crippen MR) is 79.9 cm³/mol. The first kappa shape index (κ1) is 15.5. The van der Waals surface area contributed by atoms with Crippen molar-refractivity contribution in [2.24, 2.45) is 0 Å². The molecule has 0 unspecified atom stereocenters. The average molecular weight is 290 g/mol. The molecule has 0 spiro atoms. The Bertz CT molecular complexity index is 546. The van der Waals surface area contributed by atoms with Gasteiger partial charge in [0, 0.05) is 5.56 Å². The first-order chi connectivity index (χ1) is 10.0. The Morgan fingerprint density at radius 1 is 1.29 bits per heavy atom. The van der Waals surface area contributed by atoms with Gasteiger partial charge >= 0.3 is 5.97 Å². The Morgan fingerprint density at radius 3 is 2.71 bits per heavy atom. The summed E-state index contributed by atoms with van der Waals surface area (Å²) in [5.41, 5.74) is 2.41. The van der Waals surface area contributed by atoms with E-state index in [9.17, 15) is 9.59 Å². The van der Waals surface area contributed by atoms with E-state index in [2.05, 4.69) is 13.8 Å². The van der Waals surface area contributed by atoms with Gasteiger partial charge in [-0.15, -0.1) is 0 Å². The highest BCUT2D eigenvalue weighted by Crippen LogP contribution is 2.34. The van der Waals surface area contributed by atoms with Gasteiger partial charge in [0.2, 0.25) is 0 Å². The van der Waals surface area contributed by atoms with Crippen LogP contribution in [0.25, 0.3) is 0 Å². The lowest BCUT2D eigenvalue weighted by molar-refractivity contribution is -0.137. The van der Waals surface area contributed by atoms with E-state index in [1.807, 2.05) is 0 Å². The lowest BCUT2D eigenvalue weighted by Crippen LogP contribution is -2.18. The molecule has 0 N–H and O–H groups in total. The number of esters is 1. The number of aryl methyl sites for hydroxylation is 1. The minimum absolute atomic E-state index is 0.204. The Balaban J connectivity index is 2.44. The number of hydrogen-bond acceptors (Lipinski definition) is 4. The van der Waals surface area contributed by atoms with E-state index in [0.717, 1.165) is 36.1 Å². The van der Waals surface area contributed by atoms with Crippen LogP contribution in [0.4, 0.5) is 0 Å². The zero-order chi connectivity index (χ0) is 15.4. The molecule has 0 fully saturated rings. The molecule has 0 bridgehead atoms. The first-order valence-corrected chi connectivity index (χ1v) is 7.55. The van der Waals surface area contributed by atoms with Crippen molar-refractivity contribution in [2.45, 2.75) is 46.0 Å². The number of carbonyl (C=O) groups is 2. The molecule has 0 radical (unpaired) electrons. The summed E-state index contributed by atoms with van der Waals surface area (Å²) in [6, 6.07) is 3.56. The molecule has 0 saturated carbocycles. The fourth-order valence-corrected chi connectivity index (χ4v) is 2.54. The number of hydrogen-bond donors (Lipinski definition) is 0. The molecule has 1 aromatic rings. The molecule has 0 saturated heterocycles. The van der Waals surface area contributed by atoms with Crippen molar-refractivity contribution in [1.82, 2.24) is 0 Å². The van der Waals surface area contributed by atoms with Crippen molar-refractivity contribution in [1.29, 1.82) is 0 Å². The molecule has 0 atom stereocenters. The number of ether oxygens (including phenoxy) is 2. The molecule has 1 aliphatic heterocycles. The number of Topliss-reactive ketones (excluding diaryl/α,β-unsaturated/α-hetero) is 1. The van der Waals surface area contributed by atoms with Crippen LogP contribution in [-0.2, 0) is 16.0 Å². The third-order valence-corrected chi connectivity index (χ3v) is 3.63. The maximum atomic E-state index is 12.2. The molecule has 1 heterocycles. The minimum Gasteiger partial charge on any atom is -0.493 e. The van der Waals surface area contributed by atoms with Crippen LogP contribution in [0.15, 0.2) is 12.1 Å². The van der Waals surface area contributed by atoms with Crippen molar-refractivity contribution < 1.29 is 19.1 Å². The van der Waals surface area contributed by atoms with E-state index < -0.39 is 11.8 Å². The Hall–Kier alpha value is -1.84. The maximum absolute atomic E-state index is 12.2. The van der Waals surface area contributed by atoms with E-state index in [0.29, 0.717) is 12.2 Å². The lowest BCUT2D eigenvalue weighted by atomic mass is 9.93. The van der Waals surface area contributed by atoms with Gasteiger partial charge in [-0.1, -0.05) is 13.8 Å². The molecule has 0 aliphatic carbocycles. The normalized spacial score (nSPS) is 14.1. The minimum atomic E-state index is -0.790. The third-order valence-electron chi connectivity index (χ3n) is 3.63. The number of carbonyl (C=O) groups excluding carboxylic acids is 2. The van der Waals surface area contributed by atoms with Crippen molar-refractivity contribution in [3.05, 3.63) is 28.8 Å². The highest BCUT2D eigenvalue weighted by Gasteiger charge is 2.23. The molecule has 114 valence electrons. The topological polar surface area (TPSA) is 52.6 Å². The van der Waals surface area contributed by atoms with Gasteiger partial charge in [-0.05, 0) is 55.4 Å². The van der Waals surface area contributed by atoms with Gasteiger partial charge in [0.1, 0.15) is 5.75 Å². The van der Waals surface area contributed by atoms with Crippen molar-refractivity contribution in [3.8, 4) is 5.75 Å². The summed E-state index contributed by atoms with van der Waals surface area (Å²) in [6.45, 7) is 6.72. The molecule has 1 aliphatic rings. The predicted octanol–water partition coefficient (Wildman–Crippen LogP) is 3.27. The van der Waals surface area contributed by atoms with Gasteiger partial charge in [-0.2, -0.15) is 0 Å². The van der Waals surface area contributed by atoms with Crippen molar-refractivity contribution in [3.63, 3.8) is 0 Å². The second-order valence-electron chi connectivity index (χ2n) is 5.56. The summed E-state index contributed by atoms with van der Waals surface area (Å²) in [5, 5.41) is 0. The standard InChI is InChI=1S/C17H22O4/c1-4-20-17(19)15(18)13-9-12-7-5-6-8-21-16(12)14(10-13)11(2)3/h9-11H,4-8H2,1-3H3. The summed E-state index contributed by atoms with van der Waals surface area (Å²) in [6.07, 6.45) is 2.91. The van der Waals surface area contributed by atoms with Crippen LogP contribution >= 0.6 is 0 Å². The highest BCUT2D eigenvalue weighted by molar-refractivity contribution is 6.40. The Morgan fingerprint density at radius 2 is 2.05 bits per heavy atom. The first-order valence-electron chi connectivity index (χ1n) is 7.55. The monoisotopic (exact) mass is 290 g/mol. The molecule has 21 heavy (non-hydrogen) atoms. The molecule has 1 aromatic carbocycles. The largest absolute Gasteiger partial charge is 0.493 e. The van der Waals surface area contributed by atoms with Gasteiger partial charge < -0.3 is 9.47 Å².